The molecule has 0 aliphatic rings. The first-order chi connectivity index (χ1) is 7.81. The molecule has 2 aromatic rings. The Morgan fingerprint density at radius 2 is 1.75 bits per heavy atom. The average molecular weight is 290 g/mol. The van der Waals surface area contributed by atoms with Gasteiger partial charge in [0.05, 0.1) is 5.56 Å². The third-order valence-corrected chi connectivity index (χ3v) is 3.79. The van der Waals surface area contributed by atoms with Crippen molar-refractivity contribution < 1.29 is 0 Å². The minimum atomic E-state index is 0.691. The molecule has 0 bridgehead atoms. The zero-order valence-electron chi connectivity index (χ0n) is 8.35. The molecule has 3 heteroatoms. The molecule has 0 amide bonds. The van der Waals surface area contributed by atoms with E-state index in [1.807, 2.05) is 48.5 Å². The van der Waals surface area contributed by atoms with Gasteiger partial charge in [0.25, 0.3) is 0 Å². The van der Waals surface area contributed by atoms with Crippen LogP contribution in [0.2, 0.25) is 0 Å². The first-order valence-corrected chi connectivity index (χ1v) is 6.34. The summed E-state index contributed by atoms with van der Waals surface area (Å²) < 4.78 is 0.843. The van der Waals surface area contributed by atoms with Gasteiger partial charge in [0, 0.05) is 14.3 Å². The molecule has 16 heavy (non-hydrogen) atoms. The average Bonchev–Trinajstić information content (AvgIpc) is 2.31. The first kappa shape index (κ1) is 11.3. The van der Waals surface area contributed by atoms with Gasteiger partial charge in [-0.1, -0.05) is 36.0 Å². The van der Waals surface area contributed by atoms with Crippen molar-refractivity contribution in [3.63, 3.8) is 0 Å². The van der Waals surface area contributed by atoms with E-state index < -0.39 is 0 Å². The molecule has 0 unspecified atom stereocenters. The number of hydrogen-bond acceptors (Lipinski definition) is 2. The van der Waals surface area contributed by atoms with Crippen LogP contribution in [0, 0.1) is 11.3 Å². The number of benzene rings is 2. The lowest BCUT2D eigenvalue weighted by atomic mass is 10.2. The van der Waals surface area contributed by atoms with Gasteiger partial charge in [0.2, 0.25) is 0 Å². The van der Waals surface area contributed by atoms with E-state index >= 15 is 0 Å². The van der Waals surface area contributed by atoms with Crippen LogP contribution in [-0.4, -0.2) is 0 Å². The van der Waals surface area contributed by atoms with Gasteiger partial charge in [-0.05, 0) is 40.2 Å². The van der Waals surface area contributed by atoms with Crippen LogP contribution in [0.15, 0.2) is 62.8 Å². The zero-order valence-corrected chi connectivity index (χ0v) is 10.8. The molecule has 0 saturated carbocycles. The standard InChI is InChI=1S/C13H8BrNS/c14-12-7-4-8-13(11(12)9-15)16-10-5-2-1-3-6-10/h1-8H. The molecule has 0 atom stereocenters. The Hall–Kier alpha value is -1.24. The fourth-order valence-corrected chi connectivity index (χ4v) is 2.85. The largest absolute Gasteiger partial charge is 0.192 e. The summed E-state index contributed by atoms with van der Waals surface area (Å²) >= 11 is 4.99. The van der Waals surface area contributed by atoms with Gasteiger partial charge >= 0.3 is 0 Å². The lowest BCUT2D eigenvalue weighted by Gasteiger charge is -2.04. The van der Waals surface area contributed by atoms with Gasteiger partial charge in [0.1, 0.15) is 6.07 Å². The van der Waals surface area contributed by atoms with Crippen molar-refractivity contribution in [2.45, 2.75) is 9.79 Å². The molecule has 0 fully saturated rings. The van der Waals surface area contributed by atoms with E-state index in [1.54, 1.807) is 11.8 Å². The smallest absolute Gasteiger partial charge is 0.102 e. The lowest BCUT2D eigenvalue weighted by molar-refractivity contribution is 1.33. The summed E-state index contributed by atoms with van der Waals surface area (Å²) in [6.45, 7) is 0. The van der Waals surface area contributed by atoms with Gasteiger partial charge in [0.15, 0.2) is 0 Å². The van der Waals surface area contributed by atoms with Gasteiger partial charge in [-0.3, -0.25) is 0 Å². The second kappa shape index (κ2) is 5.20. The SMILES string of the molecule is N#Cc1c(Br)cccc1Sc1ccccc1. The highest BCUT2D eigenvalue weighted by atomic mass is 79.9. The highest BCUT2D eigenvalue weighted by Crippen LogP contribution is 2.33. The van der Waals surface area contributed by atoms with Crippen LogP contribution in [-0.2, 0) is 0 Å². The first-order valence-electron chi connectivity index (χ1n) is 4.73. The van der Waals surface area contributed by atoms with Crippen LogP contribution in [0.4, 0.5) is 0 Å². The Labute approximate surface area is 107 Å². The molecule has 0 heterocycles. The van der Waals surface area contributed by atoms with Crippen LogP contribution in [0.5, 0.6) is 0 Å². The Kier molecular flexibility index (Phi) is 3.66. The van der Waals surface area contributed by atoms with E-state index in [4.69, 9.17) is 5.26 Å². The van der Waals surface area contributed by atoms with Crippen LogP contribution in [0.25, 0.3) is 0 Å². The molecule has 0 aromatic heterocycles. The van der Waals surface area contributed by atoms with Crippen LogP contribution < -0.4 is 0 Å². The topological polar surface area (TPSA) is 23.8 Å². The third-order valence-electron chi connectivity index (χ3n) is 2.06. The molecule has 1 nitrogen and oxygen atoms in total. The van der Waals surface area contributed by atoms with Crippen LogP contribution in [0.1, 0.15) is 5.56 Å². The number of rotatable bonds is 2. The minimum absolute atomic E-state index is 0.691. The molecular weight excluding hydrogens is 282 g/mol. The molecule has 2 aromatic carbocycles. The summed E-state index contributed by atoms with van der Waals surface area (Å²) in [4.78, 5) is 2.11. The second-order valence-electron chi connectivity index (χ2n) is 3.14. The van der Waals surface area contributed by atoms with Crippen molar-refractivity contribution in [1.82, 2.24) is 0 Å². The maximum Gasteiger partial charge on any atom is 0.102 e. The van der Waals surface area contributed by atoms with Crippen molar-refractivity contribution in [1.29, 1.82) is 5.26 Å². The number of nitrogens with zero attached hydrogens (tertiary/aromatic N) is 1. The van der Waals surface area contributed by atoms with E-state index in [-0.39, 0.29) is 0 Å². The number of hydrogen-bond donors (Lipinski definition) is 0. The molecular formula is C13H8BrNS. The highest BCUT2D eigenvalue weighted by Gasteiger charge is 2.06. The van der Waals surface area contributed by atoms with Crippen LogP contribution in [0.3, 0.4) is 0 Å². The van der Waals surface area contributed by atoms with Gasteiger partial charge in [-0.25, -0.2) is 0 Å². The minimum Gasteiger partial charge on any atom is -0.192 e. The van der Waals surface area contributed by atoms with Crippen molar-refractivity contribution in [2.24, 2.45) is 0 Å². The van der Waals surface area contributed by atoms with Crippen molar-refractivity contribution >= 4 is 27.7 Å². The van der Waals surface area contributed by atoms with Gasteiger partial charge in [-0.15, -0.1) is 0 Å². The van der Waals surface area contributed by atoms with E-state index in [9.17, 15) is 0 Å². The normalized spacial score (nSPS) is 9.75. The molecule has 78 valence electrons. The Morgan fingerprint density at radius 1 is 1.00 bits per heavy atom. The summed E-state index contributed by atoms with van der Waals surface area (Å²) in [5, 5.41) is 9.08. The van der Waals surface area contributed by atoms with E-state index in [1.165, 1.54) is 0 Å². The summed E-state index contributed by atoms with van der Waals surface area (Å²) in [6, 6.07) is 18.0. The van der Waals surface area contributed by atoms with Crippen molar-refractivity contribution in [2.75, 3.05) is 0 Å². The maximum atomic E-state index is 9.08. The quantitative estimate of drug-likeness (QED) is 0.814. The Bertz CT molecular complexity index is 531. The fourth-order valence-electron chi connectivity index (χ4n) is 1.31. The fraction of sp³-hybridized carbons (Fsp3) is 0. The Balaban J connectivity index is 2.36. The van der Waals surface area contributed by atoms with E-state index in [0.29, 0.717) is 5.56 Å². The molecule has 0 aliphatic heterocycles. The van der Waals surface area contributed by atoms with Gasteiger partial charge < -0.3 is 0 Å². The Morgan fingerprint density at radius 3 is 2.44 bits per heavy atom. The third kappa shape index (κ3) is 2.46. The second-order valence-corrected chi connectivity index (χ2v) is 5.11. The lowest BCUT2D eigenvalue weighted by Crippen LogP contribution is -1.82. The molecule has 0 aliphatic carbocycles. The monoisotopic (exact) mass is 289 g/mol. The summed E-state index contributed by atoms with van der Waals surface area (Å²) in [5.74, 6) is 0. The van der Waals surface area contributed by atoms with Crippen molar-refractivity contribution in [3.8, 4) is 6.07 Å². The molecule has 0 saturated heterocycles. The summed E-state index contributed by atoms with van der Waals surface area (Å²) in [5.41, 5.74) is 0.691. The maximum absolute atomic E-state index is 9.08. The summed E-state index contributed by atoms with van der Waals surface area (Å²) in [7, 11) is 0. The predicted octanol–water partition coefficient (Wildman–Crippen LogP) is 4.47. The van der Waals surface area contributed by atoms with Crippen molar-refractivity contribution in [3.05, 3.63) is 58.6 Å². The molecule has 2 rings (SSSR count). The number of halogens is 1. The van der Waals surface area contributed by atoms with E-state index in [0.717, 1.165) is 14.3 Å². The number of nitriles is 1. The highest BCUT2D eigenvalue weighted by molar-refractivity contribution is 9.10. The molecule has 0 N–H and O–H groups in total. The van der Waals surface area contributed by atoms with Gasteiger partial charge in [-0.2, -0.15) is 5.26 Å². The zero-order chi connectivity index (χ0) is 11.4. The van der Waals surface area contributed by atoms with E-state index in [2.05, 4.69) is 22.0 Å². The predicted molar refractivity (Wildman–Crippen MR) is 69.4 cm³/mol. The summed E-state index contributed by atoms with van der Waals surface area (Å²) in [6.07, 6.45) is 0. The molecule has 0 radical (unpaired) electrons. The molecule has 0 spiro atoms. The van der Waals surface area contributed by atoms with Crippen LogP contribution >= 0.6 is 27.7 Å².